The monoisotopic (exact) mass is 435 g/mol. The fraction of sp³-hybridized carbons (Fsp3) is 0.792. The number of nitrogens with one attached hydrogen (secondary N) is 2. The molecule has 7 atom stereocenters. The minimum absolute atomic E-state index is 0.00289. The van der Waals surface area contributed by atoms with Crippen LogP contribution in [-0.4, -0.2) is 59.5 Å². The Morgan fingerprint density at radius 3 is 2.35 bits per heavy atom. The predicted octanol–water partition coefficient (Wildman–Crippen LogP) is 2.10. The van der Waals surface area contributed by atoms with Crippen LogP contribution < -0.4 is 10.6 Å². The molecule has 0 aromatic rings. The molecule has 7 nitrogen and oxygen atoms in total. The maximum atomic E-state index is 13.8. The molecule has 0 aromatic heterocycles. The van der Waals surface area contributed by atoms with Crippen LogP contribution in [0.4, 0.5) is 0 Å². The van der Waals surface area contributed by atoms with Crippen LogP contribution in [0, 0.1) is 29.6 Å². The van der Waals surface area contributed by atoms with Gasteiger partial charge in [0.05, 0.1) is 24.5 Å². The van der Waals surface area contributed by atoms with Gasteiger partial charge in [0.25, 0.3) is 0 Å². The normalized spacial score (nSPS) is 29.6. The number of hydrogen-bond donors (Lipinski definition) is 3. The van der Waals surface area contributed by atoms with E-state index in [1.807, 2.05) is 39.8 Å². The molecule has 3 amide bonds. The van der Waals surface area contributed by atoms with E-state index < -0.39 is 23.9 Å². The average molecular weight is 436 g/mol. The smallest absolute Gasteiger partial charge is 0.243 e. The highest BCUT2D eigenvalue weighted by molar-refractivity contribution is 5.97. The zero-order chi connectivity index (χ0) is 23.3. The maximum absolute atomic E-state index is 13.8. The van der Waals surface area contributed by atoms with Gasteiger partial charge in [0.1, 0.15) is 6.04 Å². The molecule has 176 valence electrons. The van der Waals surface area contributed by atoms with Crippen molar-refractivity contribution in [3.05, 3.63) is 12.2 Å². The van der Waals surface area contributed by atoms with E-state index in [4.69, 9.17) is 0 Å². The van der Waals surface area contributed by atoms with Gasteiger partial charge in [0, 0.05) is 19.0 Å². The van der Waals surface area contributed by atoms with Crippen LogP contribution in [0.1, 0.15) is 60.3 Å². The molecule has 1 aliphatic heterocycles. The number of carbonyl (C=O) groups is 3. The van der Waals surface area contributed by atoms with Crippen molar-refractivity contribution in [3.63, 3.8) is 0 Å². The Hall–Kier alpha value is -1.89. The standard InChI is InChI=1S/C24H41N3O4/c1-7-9-15(5)26-23(30)21-18-11-10-16(8-2)19(22(29)25-6)20(18)24(31)27(21)17(13-28)12-14(3)4/h10-11,14-21,28H,7-9,12-13H2,1-6H3,(H,25,29)(H,26,30)/t15?,16-,17-,18+,19-,20-,21+/m1/s1. The molecule has 0 saturated carbocycles. The van der Waals surface area contributed by atoms with Crippen molar-refractivity contribution in [3.8, 4) is 0 Å². The van der Waals surface area contributed by atoms with Crippen LogP contribution in [0.25, 0.3) is 0 Å². The number of nitrogens with zero attached hydrogens (tertiary/aromatic N) is 1. The summed E-state index contributed by atoms with van der Waals surface area (Å²) in [4.78, 5) is 41.6. The number of likely N-dealkylation sites (tertiary alicyclic amines) is 1. The van der Waals surface area contributed by atoms with Crippen molar-refractivity contribution in [2.24, 2.45) is 29.6 Å². The fourth-order valence-corrected chi connectivity index (χ4v) is 5.41. The number of rotatable bonds is 10. The highest BCUT2D eigenvalue weighted by Crippen LogP contribution is 2.46. The Balaban J connectivity index is 2.50. The van der Waals surface area contributed by atoms with Gasteiger partial charge in [-0.2, -0.15) is 0 Å². The third-order valence-electron chi connectivity index (χ3n) is 6.79. The lowest BCUT2D eigenvalue weighted by molar-refractivity contribution is -0.143. The first-order chi connectivity index (χ1) is 14.7. The lowest BCUT2D eigenvalue weighted by Crippen LogP contribution is -2.54. The predicted molar refractivity (Wildman–Crippen MR) is 121 cm³/mol. The van der Waals surface area contributed by atoms with Gasteiger partial charge >= 0.3 is 0 Å². The summed E-state index contributed by atoms with van der Waals surface area (Å²) in [6.45, 7) is 9.91. The van der Waals surface area contributed by atoms with Crippen LogP contribution in [-0.2, 0) is 14.4 Å². The second-order valence-electron chi connectivity index (χ2n) is 9.55. The fourth-order valence-electron chi connectivity index (χ4n) is 5.41. The first kappa shape index (κ1) is 25.4. The molecule has 0 aromatic carbocycles. The van der Waals surface area contributed by atoms with E-state index in [1.165, 1.54) is 0 Å². The van der Waals surface area contributed by atoms with E-state index in [9.17, 15) is 19.5 Å². The van der Waals surface area contributed by atoms with E-state index in [1.54, 1.807) is 11.9 Å². The Bertz CT molecular complexity index is 678. The number of carbonyl (C=O) groups excluding carboxylic acids is 3. The lowest BCUT2D eigenvalue weighted by atomic mass is 9.69. The Morgan fingerprint density at radius 1 is 1.16 bits per heavy atom. The maximum Gasteiger partial charge on any atom is 0.243 e. The summed E-state index contributed by atoms with van der Waals surface area (Å²) in [5.74, 6) is -1.83. The number of fused-ring (bicyclic) bond motifs is 1. The summed E-state index contributed by atoms with van der Waals surface area (Å²) in [5, 5.41) is 15.9. The zero-order valence-electron chi connectivity index (χ0n) is 19.9. The lowest BCUT2D eigenvalue weighted by Gasteiger charge is -2.35. The van der Waals surface area contributed by atoms with Crippen LogP contribution in [0.15, 0.2) is 12.2 Å². The molecular weight excluding hydrogens is 394 g/mol. The molecule has 0 bridgehead atoms. The quantitative estimate of drug-likeness (QED) is 0.458. The number of allylic oxidation sites excluding steroid dienone is 1. The molecule has 1 unspecified atom stereocenters. The van der Waals surface area contributed by atoms with E-state index in [2.05, 4.69) is 17.6 Å². The Morgan fingerprint density at radius 2 is 1.84 bits per heavy atom. The van der Waals surface area contributed by atoms with Crippen LogP contribution in [0.3, 0.4) is 0 Å². The molecule has 0 radical (unpaired) electrons. The van der Waals surface area contributed by atoms with Gasteiger partial charge in [-0.25, -0.2) is 0 Å². The molecule has 7 heteroatoms. The summed E-state index contributed by atoms with van der Waals surface area (Å²) in [6.07, 6.45) is 7.11. The van der Waals surface area contributed by atoms with Crippen LogP contribution >= 0.6 is 0 Å². The second kappa shape index (κ2) is 11.1. The van der Waals surface area contributed by atoms with Gasteiger partial charge in [-0.15, -0.1) is 0 Å². The highest BCUT2D eigenvalue weighted by Gasteiger charge is 2.58. The summed E-state index contributed by atoms with van der Waals surface area (Å²) in [5.41, 5.74) is 0. The van der Waals surface area contributed by atoms with Gasteiger partial charge in [-0.3, -0.25) is 14.4 Å². The molecule has 2 aliphatic rings. The molecule has 1 fully saturated rings. The summed E-state index contributed by atoms with van der Waals surface area (Å²) in [7, 11) is 1.59. The molecule has 2 rings (SSSR count). The first-order valence-corrected chi connectivity index (χ1v) is 11.8. The SMILES string of the molecule is CCCC(C)NC(=O)[C@@H]1[C@H]2C=C[C@@H](CC)[C@@H](C(=O)NC)[C@@H]2C(=O)N1[C@@H](CO)CC(C)C. The Kier molecular flexibility index (Phi) is 9.10. The van der Waals surface area contributed by atoms with E-state index in [-0.39, 0.29) is 48.1 Å². The molecule has 1 aliphatic carbocycles. The summed E-state index contributed by atoms with van der Waals surface area (Å²) < 4.78 is 0. The van der Waals surface area contributed by atoms with E-state index in [0.717, 1.165) is 19.3 Å². The molecule has 3 N–H and O–H groups in total. The highest BCUT2D eigenvalue weighted by atomic mass is 16.3. The third-order valence-corrected chi connectivity index (χ3v) is 6.79. The molecule has 31 heavy (non-hydrogen) atoms. The first-order valence-electron chi connectivity index (χ1n) is 11.8. The van der Waals surface area contributed by atoms with Gasteiger partial charge < -0.3 is 20.6 Å². The zero-order valence-corrected chi connectivity index (χ0v) is 19.9. The van der Waals surface area contributed by atoms with Gasteiger partial charge in [-0.05, 0) is 38.0 Å². The van der Waals surface area contributed by atoms with Crippen molar-refractivity contribution in [2.45, 2.75) is 78.4 Å². The molecule has 1 heterocycles. The van der Waals surface area contributed by atoms with Gasteiger partial charge in [-0.1, -0.05) is 46.3 Å². The number of aliphatic hydroxyl groups is 1. The Labute approximate surface area is 187 Å². The second-order valence-corrected chi connectivity index (χ2v) is 9.55. The largest absolute Gasteiger partial charge is 0.394 e. The van der Waals surface area contributed by atoms with Crippen LogP contribution in [0.5, 0.6) is 0 Å². The molecule has 0 spiro atoms. The molecular formula is C24H41N3O4. The van der Waals surface area contributed by atoms with Crippen molar-refractivity contribution in [1.29, 1.82) is 0 Å². The van der Waals surface area contributed by atoms with Crippen molar-refractivity contribution < 1.29 is 19.5 Å². The minimum Gasteiger partial charge on any atom is -0.394 e. The minimum atomic E-state index is -0.714. The number of aliphatic hydroxyl groups excluding tert-OH is 1. The number of amides is 3. The number of hydrogen-bond acceptors (Lipinski definition) is 4. The average Bonchev–Trinajstić information content (AvgIpc) is 3.03. The third kappa shape index (κ3) is 5.30. The van der Waals surface area contributed by atoms with E-state index >= 15 is 0 Å². The van der Waals surface area contributed by atoms with Crippen molar-refractivity contribution in [1.82, 2.24) is 15.5 Å². The van der Waals surface area contributed by atoms with Crippen molar-refractivity contribution in [2.75, 3.05) is 13.7 Å². The van der Waals surface area contributed by atoms with Gasteiger partial charge in [0.2, 0.25) is 17.7 Å². The van der Waals surface area contributed by atoms with E-state index in [0.29, 0.717) is 6.42 Å². The van der Waals surface area contributed by atoms with Crippen molar-refractivity contribution >= 4 is 17.7 Å². The van der Waals surface area contributed by atoms with Gasteiger partial charge in [0.15, 0.2) is 0 Å². The summed E-state index contributed by atoms with van der Waals surface area (Å²) in [6, 6.07) is -1.17. The van der Waals surface area contributed by atoms with Crippen LogP contribution in [0.2, 0.25) is 0 Å². The molecule has 1 saturated heterocycles. The topological polar surface area (TPSA) is 98.7 Å². The summed E-state index contributed by atoms with van der Waals surface area (Å²) >= 11 is 0.